The van der Waals surface area contributed by atoms with Crippen LogP contribution < -0.4 is 113 Å². The number of phenolic OH excluding ortho intramolecular Hbond substituents is 4. The van der Waals surface area contributed by atoms with Gasteiger partial charge in [0.25, 0.3) is 0 Å². The largest absolute Gasteiger partial charge is 1.00 e. The van der Waals surface area contributed by atoms with Crippen LogP contribution in [0.4, 0.5) is 4.79 Å². The van der Waals surface area contributed by atoms with Gasteiger partial charge in [-0.2, -0.15) is 0 Å². The van der Waals surface area contributed by atoms with Crippen LogP contribution in [-0.4, -0.2) is 26.6 Å². The smallest absolute Gasteiger partial charge is 0.652 e. The minimum absolute atomic E-state index is 0. The van der Waals surface area contributed by atoms with Crippen LogP contribution in [0.1, 0.15) is 0 Å². The Morgan fingerprint density at radius 1 is 0.682 bits per heavy atom. The second-order valence-electron chi connectivity index (χ2n) is 3.29. The van der Waals surface area contributed by atoms with Gasteiger partial charge in [-0.15, -0.1) is 0 Å². The fourth-order valence-electron chi connectivity index (χ4n) is 0.986. The van der Waals surface area contributed by atoms with Gasteiger partial charge in [0.2, 0.25) is 0 Å². The molecule has 9 heteroatoms. The van der Waals surface area contributed by atoms with Gasteiger partial charge >= 0.3 is 103 Å². The minimum Gasteiger partial charge on any atom is -0.652 e. The molecule has 0 aliphatic heterocycles. The van der Waals surface area contributed by atoms with Crippen LogP contribution in [0.3, 0.4) is 0 Å². The first-order valence-corrected chi connectivity index (χ1v) is 5.15. The molecule has 22 heavy (non-hydrogen) atoms. The number of phenols is 4. The molecule has 0 saturated heterocycles. The number of benzene rings is 2. The predicted octanol–water partition coefficient (Wildman–Crippen LogP) is -6.24. The third kappa shape index (κ3) is 18.2. The fourth-order valence-corrected chi connectivity index (χ4v) is 0.986. The average molecular weight is 358 g/mol. The van der Waals surface area contributed by atoms with Crippen molar-refractivity contribution in [3.05, 3.63) is 48.5 Å². The maximum atomic E-state index is 8.65. The Kier molecular flexibility index (Phi) is 19.7. The molecule has 0 bridgehead atoms. The SMILES string of the molecule is O=C([O-])[O-].Oc1cccc(O)c1.Oc1cccc(O)c1.[K+].[K+]. The van der Waals surface area contributed by atoms with E-state index < -0.39 is 6.16 Å². The fraction of sp³-hybridized carbons (Fsp3) is 0. The summed E-state index contributed by atoms with van der Waals surface area (Å²) in [4.78, 5) is 8.33. The standard InChI is InChI=1S/2C6H6O2.CH2O3.2K/c2*7-5-2-1-3-6(8)4-5;2-1(3)4;;/h2*1-4,7-8H;(H2,2,3,4);;/q;;;2*+1/p-2. The van der Waals surface area contributed by atoms with Crippen molar-refractivity contribution in [2.24, 2.45) is 0 Å². The Hall–Kier alpha value is 0.183. The van der Waals surface area contributed by atoms with Gasteiger partial charge < -0.3 is 35.4 Å². The van der Waals surface area contributed by atoms with Crippen molar-refractivity contribution in [1.29, 1.82) is 0 Å². The topological polar surface area (TPSA) is 144 Å². The number of carboxylic acid groups (broad SMARTS) is 2. The van der Waals surface area contributed by atoms with Gasteiger partial charge in [-0.05, 0) is 30.4 Å². The van der Waals surface area contributed by atoms with E-state index in [-0.39, 0.29) is 126 Å². The van der Waals surface area contributed by atoms with E-state index in [1.54, 1.807) is 12.1 Å². The summed E-state index contributed by atoms with van der Waals surface area (Å²) in [6, 6.07) is 11.7. The van der Waals surface area contributed by atoms with E-state index in [9.17, 15) is 0 Å². The van der Waals surface area contributed by atoms with Crippen LogP contribution >= 0.6 is 0 Å². The number of hydrogen-bond donors (Lipinski definition) is 4. The molecule has 0 aromatic heterocycles. The van der Waals surface area contributed by atoms with Crippen LogP contribution in [0.2, 0.25) is 0 Å². The van der Waals surface area contributed by atoms with Crippen molar-refractivity contribution >= 4 is 6.16 Å². The Morgan fingerprint density at radius 3 is 0.955 bits per heavy atom. The zero-order chi connectivity index (χ0) is 15.5. The van der Waals surface area contributed by atoms with E-state index in [0.717, 1.165) is 0 Å². The Bertz CT molecular complexity index is 467. The van der Waals surface area contributed by atoms with E-state index in [4.69, 9.17) is 35.4 Å². The summed E-state index contributed by atoms with van der Waals surface area (Å²) in [5, 5.41) is 51.3. The number of carbonyl (C=O) groups is 1. The molecule has 2 aromatic carbocycles. The van der Waals surface area contributed by atoms with Crippen LogP contribution in [0, 0.1) is 0 Å². The second kappa shape index (κ2) is 16.1. The first-order valence-electron chi connectivity index (χ1n) is 5.15. The van der Waals surface area contributed by atoms with E-state index in [2.05, 4.69) is 0 Å². The Morgan fingerprint density at radius 2 is 0.864 bits per heavy atom. The summed E-state index contributed by atoms with van der Waals surface area (Å²) in [6.45, 7) is 0. The second-order valence-corrected chi connectivity index (χ2v) is 3.29. The zero-order valence-electron chi connectivity index (χ0n) is 12.1. The van der Waals surface area contributed by atoms with E-state index in [0.29, 0.717) is 0 Å². The molecule has 7 nitrogen and oxygen atoms in total. The van der Waals surface area contributed by atoms with Crippen LogP contribution in [0.15, 0.2) is 48.5 Å². The van der Waals surface area contributed by atoms with Gasteiger partial charge in [-0.3, -0.25) is 0 Å². The molecule has 108 valence electrons. The van der Waals surface area contributed by atoms with Gasteiger partial charge in [0.1, 0.15) is 23.0 Å². The van der Waals surface area contributed by atoms with Crippen molar-refractivity contribution in [3.8, 4) is 23.0 Å². The molecule has 0 aliphatic rings. The summed E-state index contributed by atoms with van der Waals surface area (Å²) in [5.41, 5.74) is 0. The molecule has 0 fully saturated rings. The molecule has 0 unspecified atom stereocenters. The van der Waals surface area contributed by atoms with Crippen molar-refractivity contribution in [2.75, 3.05) is 0 Å². The molecule has 0 atom stereocenters. The molecular weight excluding hydrogens is 346 g/mol. The molecule has 2 rings (SSSR count). The monoisotopic (exact) mass is 358 g/mol. The normalized spacial score (nSPS) is 7.64. The van der Waals surface area contributed by atoms with Crippen LogP contribution in [0.5, 0.6) is 23.0 Å². The Balaban J connectivity index is -0.000000249. The van der Waals surface area contributed by atoms with Crippen molar-refractivity contribution in [1.82, 2.24) is 0 Å². The molecule has 4 N–H and O–H groups in total. The van der Waals surface area contributed by atoms with Gasteiger partial charge in [0, 0.05) is 12.1 Å². The Labute approximate surface area is 212 Å². The number of aromatic hydroxyl groups is 4. The molecule has 0 heterocycles. The molecule has 0 spiro atoms. The summed E-state index contributed by atoms with van der Waals surface area (Å²) >= 11 is 0. The quantitative estimate of drug-likeness (QED) is 0.343. The van der Waals surface area contributed by atoms with Crippen molar-refractivity contribution in [2.45, 2.75) is 0 Å². The summed E-state index contributed by atoms with van der Waals surface area (Å²) in [6.07, 6.45) is -2.33. The predicted molar refractivity (Wildman–Crippen MR) is 64.9 cm³/mol. The molecule has 0 amide bonds. The maximum Gasteiger partial charge on any atom is 1.00 e. The van der Waals surface area contributed by atoms with Crippen LogP contribution in [-0.2, 0) is 0 Å². The van der Waals surface area contributed by atoms with E-state index in [1.807, 2.05) is 0 Å². The van der Waals surface area contributed by atoms with E-state index >= 15 is 0 Å². The van der Waals surface area contributed by atoms with Gasteiger partial charge in [0.05, 0.1) is 0 Å². The third-order valence-electron chi connectivity index (χ3n) is 1.66. The first kappa shape index (κ1) is 27.0. The number of hydrogen-bond acceptors (Lipinski definition) is 7. The maximum absolute atomic E-state index is 8.65. The zero-order valence-corrected chi connectivity index (χ0v) is 18.4. The van der Waals surface area contributed by atoms with Gasteiger partial charge in [-0.25, -0.2) is 0 Å². The summed E-state index contributed by atoms with van der Waals surface area (Å²) in [5.74, 6) is 0.352. The summed E-state index contributed by atoms with van der Waals surface area (Å²) < 4.78 is 0. The average Bonchev–Trinajstić information content (AvgIpc) is 2.28. The first-order chi connectivity index (χ1) is 9.31. The van der Waals surface area contributed by atoms with Crippen molar-refractivity contribution < 1.29 is 138 Å². The van der Waals surface area contributed by atoms with Gasteiger partial charge in [-0.1, -0.05) is 12.1 Å². The molecule has 0 radical (unpaired) electrons. The molecule has 0 aliphatic carbocycles. The third-order valence-corrected chi connectivity index (χ3v) is 1.66. The summed E-state index contributed by atoms with van der Waals surface area (Å²) in [7, 11) is 0. The molecule has 2 aromatic rings. The number of carbonyl (C=O) groups excluding carboxylic acids is 1. The minimum atomic E-state index is -2.33. The van der Waals surface area contributed by atoms with Gasteiger partial charge in [0.15, 0.2) is 0 Å². The van der Waals surface area contributed by atoms with E-state index in [1.165, 1.54) is 36.4 Å². The molecule has 0 saturated carbocycles. The van der Waals surface area contributed by atoms with Crippen molar-refractivity contribution in [3.63, 3.8) is 0 Å². The van der Waals surface area contributed by atoms with Crippen LogP contribution in [0.25, 0.3) is 0 Å². The molecular formula is C13H12K2O7. The number of rotatable bonds is 0.